The smallest absolute Gasteiger partial charge is 0.136 e. The standard InChI is InChI=1S/C8H12O2/c1-10-6-2-5-3-8(9)7(5)4-6/h5-7H,2-4H2,1H3/t5-,6+,7-/m0/s1. The van der Waals surface area contributed by atoms with Gasteiger partial charge in [-0.1, -0.05) is 0 Å². The fourth-order valence-electron chi connectivity index (χ4n) is 2.14. The van der Waals surface area contributed by atoms with Gasteiger partial charge in [-0.05, 0) is 18.8 Å². The summed E-state index contributed by atoms with van der Waals surface area (Å²) >= 11 is 0. The van der Waals surface area contributed by atoms with Crippen LogP contribution in [-0.2, 0) is 9.53 Å². The van der Waals surface area contributed by atoms with E-state index in [2.05, 4.69) is 0 Å². The lowest BCUT2D eigenvalue weighted by atomic mass is 9.75. The second-order valence-corrected chi connectivity index (χ2v) is 3.37. The van der Waals surface area contributed by atoms with Gasteiger partial charge in [-0.2, -0.15) is 0 Å². The topological polar surface area (TPSA) is 26.3 Å². The Morgan fingerprint density at radius 1 is 1.50 bits per heavy atom. The van der Waals surface area contributed by atoms with E-state index in [0.717, 1.165) is 19.3 Å². The van der Waals surface area contributed by atoms with Gasteiger partial charge in [0.2, 0.25) is 0 Å². The first-order valence-electron chi connectivity index (χ1n) is 3.86. The molecule has 56 valence electrons. The molecule has 2 aliphatic rings. The lowest BCUT2D eigenvalue weighted by molar-refractivity contribution is -0.132. The summed E-state index contributed by atoms with van der Waals surface area (Å²) in [5.41, 5.74) is 0. The van der Waals surface area contributed by atoms with Gasteiger partial charge in [-0.15, -0.1) is 0 Å². The third-order valence-electron chi connectivity index (χ3n) is 2.86. The summed E-state index contributed by atoms with van der Waals surface area (Å²) in [5, 5.41) is 0. The fourth-order valence-corrected chi connectivity index (χ4v) is 2.14. The molecule has 2 nitrogen and oxygen atoms in total. The number of Topliss-reactive ketones (excluding diaryl/α,β-unsaturated/α-hetero) is 1. The Kier molecular flexibility index (Phi) is 1.31. The molecule has 0 saturated heterocycles. The second kappa shape index (κ2) is 2.06. The van der Waals surface area contributed by atoms with Gasteiger partial charge in [-0.25, -0.2) is 0 Å². The first-order valence-corrected chi connectivity index (χ1v) is 3.86. The van der Waals surface area contributed by atoms with Gasteiger partial charge in [-0.3, -0.25) is 4.79 Å². The molecular weight excluding hydrogens is 128 g/mol. The Morgan fingerprint density at radius 3 is 2.80 bits per heavy atom. The fraction of sp³-hybridized carbons (Fsp3) is 0.875. The number of rotatable bonds is 1. The Hall–Kier alpha value is -0.370. The van der Waals surface area contributed by atoms with Crippen molar-refractivity contribution in [3.05, 3.63) is 0 Å². The molecule has 0 aromatic heterocycles. The van der Waals surface area contributed by atoms with E-state index >= 15 is 0 Å². The van der Waals surface area contributed by atoms with E-state index < -0.39 is 0 Å². The Balaban J connectivity index is 1.99. The van der Waals surface area contributed by atoms with Gasteiger partial charge in [0.05, 0.1) is 6.10 Å². The molecule has 0 amide bonds. The molecule has 0 unspecified atom stereocenters. The van der Waals surface area contributed by atoms with Crippen molar-refractivity contribution < 1.29 is 9.53 Å². The maximum Gasteiger partial charge on any atom is 0.136 e. The molecule has 2 fully saturated rings. The summed E-state index contributed by atoms with van der Waals surface area (Å²) < 4.78 is 5.19. The van der Waals surface area contributed by atoms with Gasteiger partial charge in [0.15, 0.2) is 0 Å². The minimum absolute atomic E-state index is 0.376. The van der Waals surface area contributed by atoms with Gasteiger partial charge >= 0.3 is 0 Å². The van der Waals surface area contributed by atoms with Crippen molar-refractivity contribution in [2.75, 3.05) is 7.11 Å². The van der Waals surface area contributed by atoms with E-state index in [0.29, 0.717) is 23.7 Å². The number of ketones is 1. The average molecular weight is 140 g/mol. The number of carbonyl (C=O) groups is 1. The Morgan fingerprint density at radius 2 is 2.30 bits per heavy atom. The van der Waals surface area contributed by atoms with Crippen LogP contribution in [0.15, 0.2) is 0 Å². The molecule has 0 aliphatic heterocycles. The number of hydrogen-bond acceptors (Lipinski definition) is 2. The highest BCUT2D eigenvalue weighted by molar-refractivity contribution is 5.87. The molecule has 2 rings (SSSR count). The highest BCUT2D eigenvalue weighted by Crippen LogP contribution is 2.44. The van der Waals surface area contributed by atoms with Crippen molar-refractivity contribution in [1.82, 2.24) is 0 Å². The minimum Gasteiger partial charge on any atom is -0.381 e. The monoisotopic (exact) mass is 140 g/mol. The quantitative estimate of drug-likeness (QED) is 0.543. The number of fused-ring (bicyclic) bond motifs is 1. The van der Waals surface area contributed by atoms with Gasteiger partial charge in [0.1, 0.15) is 5.78 Å². The van der Waals surface area contributed by atoms with Crippen molar-refractivity contribution >= 4 is 5.78 Å². The molecule has 3 atom stereocenters. The van der Waals surface area contributed by atoms with Crippen LogP contribution < -0.4 is 0 Å². The molecule has 0 aromatic rings. The van der Waals surface area contributed by atoms with Gasteiger partial charge in [0, 0.05) is 19.4 Å². The van der Waals surface area contributed by atoms with E-state index in [1.165, 1.54) is 0 Å². The zero-order valence-corrected chi connectivity index (χ0v) is 6.17. The third kappa shape index (κ3) is 0.717. The van der Waals surface area contributed by atoms with E-state index in [9.17, 15) is 4.79 Å². The summed E-state index contributed by atoms with van der Waals surface area (Å²) in [6.45, 7) is 0. The molecule has 2 heteroatoms. The highest BCUT2D eigenvalue weighted by Gasteiger charge is 2.46. The molecule has 2 saturated carbocycles. The van der Waals surface area contributed by atoms with Crippen LogP contribution in [0, 0.1) is 11.8 Å². The van der Waals surface area contributed by atoms with Crippen LogP contribution in [0.3, 0.4) is 0 Å². The minimum atomic E-state index is 0.376. The predicted octanol–water partition coefficient (Wildman–Crippen LogP) is 1.00. The molecular formula is C8H12O2. The Labute approximate surface area is 60.6 Å². The number of hydrogen-bond donors (Lipinski definition) is 0. The first kappa shape index (κ1) is 6.35. The molecule has 10 heavy (non-hydrogen) atoms. The van der Waals surface area contributed by atoms with Crippen LogP contribution in [0.25, 0.3) is 0 Å². The second-order valence-electron chi connectivity index (χ2n) is 3.37. The van der Waals surface area contributed by atoms with Crippen LogP contribution in [-0.4, -0.2) is 19.0 Å². The summed E-state index contributed by atoms with van der Waals surface area (Å²) in [4.78, 5) is 10.9. The zero-order valence-electron chi connectivity index (χ0n) is 6.17. The number of carbonyl (C=O) groups excluding carboxylic acids is 1. The lowest BCUT2D eigenvalue weighted by Crippen LogP contribution is -2.32. The van der Waals surface area contributed by atoms with Gasteiger partial charge < -0.3 is 4.74 Å². The van der Waals surface area contributed by atoms with E-state index in [1.54, 1.807) is 7.11 Å². The Bertz CT molecular complexity index is 165. The van der Waals surface area contributed by atoms with Crippen molar-refractivity contribution in [2.24, 2.45) is 11.8 Å². The van der Waals surface area contributed by atoms with Gasteiger partial charge in [0.25, 0.3) is 0 Å². The largest absolute Gasteiger partial charge is 0.381 e. The average Bonchev–Trinajstić information content (AvgIpc) is 2.26. The zero-order chi connectivity index (χ0) is 7.14. The van der Waals surface area contributed by atoms with Crippen LogP contribution >= 0.6 is 0 Å². The molecule has 0 heterocycles. The lowest BCUT2D eigenvalue weighted by Gasteiger charge is -2.27. The summed E-state index contributed by atoms with van der Waals surface area (Å²) in [5.74, 6) is 1.52. The number of ether oxygens (including phenoxy) is 1. The van der Waals surface area contributed by atoms with Crippen LogP contribution in [0.1, 0.15) is 19.3 Å². The van der Waals surface area contributed by atoms with Crippen molar-refractivity contribution in [3.63, 3.8) is 0 Å². The normalized spacial score (nSPS) is 44.9. The van der Waals surface area contributed by atoms with Crippen LogP contribution in [0.2, 0.25) is 0 Å². The van der Waals surface area contributed by atoms with Crippen molar-refractivity contribution in [2.45, 2.75) is 25.4 Å². The maximum absolute atomic E-state index is 10.9. The highest BCUT2D eigenvalue weighted by atomic mass is 16.5. The maximum atomic E-state index is 10.9. The molecule has 0 spiro atoms. The number of methoxy groups -OCH3 is 1. The molecule has 0 aromatic carbocycles. The van der Waals surface area contributed by atoms with Crippen LogP contribution in [0.5, 0.6) is 0 Å². The van der Waals surface area contributed by atoms with Crippen molar-refractivity contribution in [3.8, 4) is 0 Å². The predicted molar refractivity (Wildman–Crippen MR) is 36.6 cm³/mol. The van der Waals surface area contributed by atoms with Crippen molar-refractivity contribution in [1.29, 1.82) is 0 Å². The summed E-state index contributed by atoms with van der Waals surface area (Å²) in [7, 11) is 1.74. The van der Waals surface area contributed by atoms with E-state index in [4.69, 9.17) is 4.74 Å². The SMILES string of the molecule is CO[C@@H]1C[C@H]2CC(=O)[C@H]2C1. The molecule has 2 aliphatic carbocycles. The molecule has 0 N–H and O–H groups in total. The first-order chi connectivity index (χ1) is 4.81. The third-order valence-corrected chi connectivity index (χ3v) is 2.86. The summed E-state index contributed by atoms with van der Waals surface area (Å²) in [6.07, 6.45) is 3.30. The van der Waals surface area contributed by atoms with E-state index in [1.807, 2.05) is 0 Å². The summed E-state index contributed by atoms with van der Waals surface area (Å²) in [6, 6.07) is 0. The van der Waals surface area contributed by atoms with E-state index in [-0.39, 0.29) is 0 Å². The molecule has 0 bridgehead atoms. The molecule has 0 radical (unpaired) electrons. The van der Waals surface area contributed by atoms with Crippen LogP contribution in [0.4, 0.5) is 0 Å².